The zero-order chi connectivity index (χ0) is 13.3. The maximum Gasteiger partial charge on any atom is 0.369 e. The molecule has 0 fully saturated rings. The van der Waals surface area contributed by atoms with Crippen LogP contribution in [0, 0.1) is 0 Å². The summed E-state index contributed by atoms with van der Waals surface area (Å²) in [5.74, 6) is -0.561. The van der Waals surface area contributed by atoms with Gasteiger partial charge >= 0.3 is 5.97 Å². The van der Waals surface area contributed by atoms with Crippen molar-refractivity contribution in [3.05, 3.63) is 28.2 Å². The minimum atomic E-state index is -1.19. The van der Waals surface area contributed by atoms with E-state index in [1.807, 2.05) is 0 Å². The van der Waals surface area contributed by atoms with Gasteiger partial charge in [0.2, 0.25) is 5.54 Å². The van der Waals surface area contributed by atoms with Gasteiger partial charge in [-0.1, -0.05) is 28.4 Å². The van der Waals surface area contributed by atoms with Gasteiger partial charge in [0.1, 0.15) is 5.69 Å². The van der Waals surface area contributed by atoms with Crippen molar-refractivity contribution in [2.75, 3.05) is 0 Å². The van der Waals surface area contributed by atoms with Crippen LogP contribution in [0.25, 0.3) is 0 Å². The van der Waals surface area contributed by atoms with Crippen LogP contribution in [-0.2, 0) is 9.63 Å². The second-order valence-electron chi connectivity index (χ2n) is 3.92. The molecule has 1 unspecified atom stereocenters. The van der Waals surface area contributed by atoms with Crippen molar-refractivity contribution in [2.45, 2.75) is 19.4 Å². The number of hydrogen-bond acceptors (Lipinski definition) is 5. The van der Waals surface area contributed by atoms with E-state index in [1.165, 1.54) is 0 Å². The van der Waals surface area contributed by atoms with E-state index in [2.05, 4.69) is 20.2 Å². The number of nitrogens with zero attached hydrogens (tertiary/aromatic N) is 3. The van der Waals surface area contributed by atoms with Gasteiger partial charge < -0.3 is 4.84 Å². The highest BCUT2D eigenvalue weighted by molar-refractivity contribution is 6.36. The fourth-order valence-corrected chi connectivity index (χ4v) is 1.71. The van der Waals surface area contributed by atoms with Gasteiger partial charge in [0.25, 0.3) is 0 Å². The summed E-state index contributed by atoms with van der Waals surface area (Å²) in [6, 6.07) is 4.80. The van der Waals surface area contributed by atoms with E-state index in [9.17, 15) is 4.79 Å². The zero-order valence-corrected chi connectivity index (χ0v) is 11.2. The highest BCUT2D eigenvalue weighted by atomic mass is 35.5. The molecule has 1 atom stereocenters. The van der Waals surface area contributed by atoms with Gasteiger partial charge in [0.15, 0.2) is 0 Å². The lowest BCUT2D eigenvalue weighted by Crippen LogP contribution is -2.35. The Balaban J connectivity index is 2.31. The average Bonchev–Trinajstić information content (AvgIpc) is 2.56. The molecule has 5 nitrogen and oxygen atoms in total. The summed E-state index contributed by atoms with van der Waals surface area (Å²) in [7, 11) is 0. The van der Waals surface area contributed by atoms with Crippen molar-refractivity contribution in [1.29, 1.82) is 0 Å². The Hall–Kier alpha value is -1.46. The summed E-state index contributed by atoms with van der Waals surface area (Å²) in [5, 5.41) is 12.4. The first-order chi connectivity index (χ1) is 8.43. The van der Waals surface area contributed by atoms with Crippen molar-refractivity contribution < 1.29 is 9.63 Å². The lowest BCUT2D eigenvalue weighted by molar-refractivity contribution is -0.144. The molecule has 1 aromatic rings. The summed E-state index contributed by atoms with van der Waals surface area (Å²) < 4.78 is 0. The number of carbonyl (C=O) groups excluding carboxylic acids is 1. The van der Waals surface area contributed by atoms with Crippen LogP contribution >= 0.6 is 23.2 Å². The first-order valence-corrected chi connectivity index (χ1v) is 5.83. The third kappa shape index (κ3) is 2.23. The standard InChI is InChI=1S/C11H9Cl2N3O2/c1-6-11(2,10(17)18-15-6)16-14-9-4-3-7(12)5-8(9)13/h3-5H,1-2H3. The number of hydrogen-bond donors (Lipinski definition) is 0. The SMILES string of the molecule is CC1=NOC(=O)C1(C)N=Nc1ccc(Cl)cc1Cl. The smallest absolute Gasteiger partial charge is 0.315 e. The molecule has 1 aromatic carbocycles. The molecule has 94 valence electrons. The molecule has 1 heterocycles. The lowest BCUT2D eigenvalue weighted by Gasteiger charge is -2.11. The number of benzene rings is 1. The summed E-state index contributed by atoms with van der Waals surface area (Å²) in [5.41, 5.74) is -0.320. The van der Waals surface area contributed by atoms with E-state index in [0.717, 1.165) is 0 Å². The van der Waals surface area contributed by atoms with Gasteiger partial charge in [-0.15, -0.1) is 0 Å². The van der Waals surface area contributed by atoms with Gasteiger partial charge in [0, 0.05) is 5.02 Å². The number of halogens is 2. The third-order valence-electron chi connectivity index (χ3n) is 2.63. The third-order valence-corrected chi connectivity index (χ3v) is 3.17. The molecule has 0 saturated carbocycles. The van der Waals surface area contributed by atoms with Gasteiger partial charge in [-0.25, -0.2) is 4.79 Å². The van der Waals surface area contributed by atoms with Crippen LogP contribution in [0.15, 0.2) is 33.6 Å². The predicted octanol–water partition coefficient (Wildman–Crippen LogP) is 3.77. The molecule has 18 heavy (non-hydrogen) atoms. The average molecular weight is 286 g/mol. The first-order valence-electron chi connectivity index (χ1n) is 5.08. The minimum absolute atomic E-state index is 0.357. The fourth-order valence-electron chi connectivity index (χ4n) is 1.26. The molecular formula is C11H9Cl2N3O2. The maximum atomic E-state index is 11.5. The Morgan fingerprint density at radius 1 is 1.39 bits per heavy atom. The Morgan fingerprint density at radius 2 is 2.11 bits per heavy atom. The predicted molar refractivity (Wildman–Crippen MR) is 68.6 cm³/mol. The molecule has 0 aromatic heterocycles. The maximum absolute atomic E-state index is 11.5. The molecule has 0 N–H and O–H groups in total. The Bertz CT molecular complexity index is 571. The normalized spacial score (nSPS) is 23.3. The van der Waals surface area contributed by atoms with Crippen molar-refractivity contribution in [3.8, 4) is 0 Å². The first kappa shape index (κ1) is 13.0. The van der Waals surface area contributed by atoms with Crippen LogP contribution in [0.1, 0.15) is 13.8 Å². The number of azo groups is 1. The summed E-state index contributed by atoms with van der Waals surface area (Å²) in [4.78, 5) is 16.1. The van der Waals surface area contributed by atoms with E-state index in [1.54, 1.807) is 32.0 Å². The summed E-state index contributed by atoms with van der Waals surface area (Å²) >= 11 is 11.7. The quantitative estimate of drug-likeness (QED) is 0.613. The molecule has 0 amide bonds. The van der Waals surface area contributed by atoms with Crippen molar-refractivity contribution in [2.24, 2.45) is 15.4 Å². The van der Waals surface area contributed by atoms with Crippen molar-refractivity contribution in [1.82, 2.24) is 0 Å². The van der Waals surface area contributed by atoms with E-state index in [4.69, 9.17) is 23.2 Å². The zero-order valence-electron chi connectivity index (χ0n) is 9.65. The second-order valence-corrected chi connectivity index (χ2v) is 4.77. The molecule has 0 saturated heterocycles. The number of rotatable bonds is 2. The van der Waals surface area contributed by atoms with Crippen LogP contribution in [-0.4, -0.2) is 17.2 Å². The molecule has 1 aliphatic heterocycles. The molecule has 7 heteroatoms. The topological polar surface area (TPSA) is 63.4 Å². The Labute approximate surface area is 113 Å². The molecular weight excluding hydrogens is 277 g/mol. The fraction of sp³-hybridized carbons (Fsp3) is 0.273. The lowest BCUT2D eigenvalue weighted by atomic mass is 9.99. The van der Waals surface area contributed by atoms with E-state index in [0.29, 0.717) is 21.4 Å². The largest absolute Gasteiger partial charge is 0.369 e. The van der Waals surface area contributed by atoms with E-state index >= 15 is 0 Å². The molecule has 0 aliphatic carbocycles. The highest BCUT2D eigenvalue weighted by Gasteiger charge is 2.44. The van der Waals surface area contributed by atoms with Gasteiger partial charge in [-0.3, -0.25) is 0 Å². The Kier molecular flexibility index (Phi) is 3.36. The highest BCUT2D eigenvalue weighted by Crippen LogP contribution is 2.30. The van der Waals surface area contributed by atoms with Crippen LogP contribution in [0.3, 0.4) is 0 Å². The van der Waals surface area contributed by atoms with Gasteiger partial charge in [0.05, 0.1) is 10.7 Å². The molecule has 0 bridgehead atoms. The minimum Gasteiger partial charge on any atom is -0.315 e. The monoisotopic (exact) mass is 285 g/mol. The van der Waals surface area contributed by atoms with Crippen LogP contribution in [0.4, 0.5) is 5.69 Å². The molecule has 2 rings (SSSR count). The van der Waals surface area contributed by atoms with Crippen molar-refractivity contribution in [3.63, 3.8) is 0 Å². The van der Waals surface area contributed by atoms with Gasteiger partial charge in [-0.05, 0) is 32.0 Å². The molecule has 1 aliphatic rings. The second kappa shape index (κ2) is 4.66. The summed E-state index contributed by atoms with van der Waals surface area (Å²) in [6.07, 6.45) is 0. The van der Waals surface area contributed by atoms with Crippen LogP contribution in [0.5, 0.6) is 0 Å². The van der Waals surface area contributed by atoms with Crippen LogP contribution < -0.4 is 0 Å². The van der Waals surface area contributed by atoms with Crippen molar-refractivity contribution >= 4 is 40.6 Å². The Morgan fingerprint density at radius 3 is 2.67 bits per heavy atom. The van der Waals surface area contributed by atoms with E-state index < -0.39 is 11.5 Å². The number of carbonyl (C=O) groups is 1. The van der Waals surface area contributed by atoms with Crippen LogP contribution in [0.2, 0.25) is 10.0 Å². The van der Waals surface area contributed by atoms with E-state index in [-0.39, 0.29) is 0 Å². The molecule has 0 radical (unpaired) electrons. The van der Waals surface area contributed by atoms with Gasteiger partial charge in [-0.2, -0.15) is 10.2 Å². The molecule has 0 spiro atoms. The summed E-state index contributed by atoms with van der Waals surface area (Å²) in [6.45, 7) is 3.22. The number of oxime groups is 1.